The van der Waals surface area contributed by atoms with Crippen molar-refractivity contribution in [2.24, 2.45) is 0 Å². The first-order chi connectivity index (χ1) is 15.8. The number of thiocarbonyl (C=S) groups is 1. The van der Waals surface area contributed by atoms with Crippen LogP contribution in [-0.4, -0.2) is 16.0 Å². The summed E-state index contributed by atoms with van der Waals surface area (Å²) >= 11 is 5.35. The van der Waals surface area contributed by atoms with Crippen LogP contribution in [0.4, 0.5) is 5.69 Å². The second-order valence-electron chi connectivity index (χ2n) is 8.34. The lowest BCUT2D eigenvalue weighted by Gasteiger charge is -2.11. The summed E-state index contributed by atoms with van der Waals surface area (Å²) in [6, 6.07) is 19.3. The fourth-order valence-corrected chi connectivity index (χ4v) is 3.77. The molecule has 0 bridgehead atoms. The molecule has 0 spiro atoms. The molecule has 1 amide bonds. The Morgan fingerprint density at radius 3 is 2.64 bits per heavy atom. The van der Waals surface area contributed by atoms with E-state index < -0.39 is 0 Å². The number of hydrogen-bond donors (Lipinski definition) is 2. The van der Waals surface area contributed by atoms with Crippen molar-refractivity contribution in [3.63, 3.8) is 0 Å². The lowest BCUT2D eigenvalue weighted by molar-refractivity contribution is 0.0977. The number of fused-ring (bicyclic) bond motifs is 1. The monoisotopic (exact) mass is 457 g/mol. The fourth-order valence-electron chi connectivity index (χ4n) is 3.56. The molecule has 0 saturated carbocycles. The molecule has 2 N–H and O–H groups in total. The summed E-state index contributed by atoms with van der Waals surface area (Å²) in [5, 5.41) is 6.04. The average Bonchev–Trinajstić information content (AvgIpc) is 3.24. The highest BCUT2D eigenvalue weighted by molar-refractivity contribution is 7.80. The van der Waals surface area contributed by atoms with Crippen LogP contribution in [0.5, 0.6) is 0 Å². The highest BCUT2D eigenvalue weighted by Crippen LogP contribution is 2.29. The molecular weight excluding hydrogens is 430 g/mol. The van der Waals surface area contributed by atoms with E-state index in [4.69, 9.17) is 16.6 Å². The van der Waals surface area contributed by atoms with Gasteiger partial charge in [-0.15, -0.1) is 0 Å². The maximum atomic E-state index is 12.5. The minimum Gasteiger partial charge on any atom is -0.436 e. The summed E-state index contributed by atoms with van der Waals surface area (Å²) in [6.45, 7) is 8.37. The quantitative estimate of drug-likeness (QED) is 0.324. The molecule has 0 aliphatic rings. The zero-order chi connectivity index (χ0) is 23.5. The third kappa shape index (κ3) is 5.12. The van der Waals surface area contributed by atoms with Crippen LogP contribution in [0.15, 0.2) is 65.1 Å². The smallest absolute Gasteiger partial charge is 0.257 e. The Labute approximate surface area is 199 Å². The number of benzene rings is 3. The van der Waals surface area contributed by atoms with E-state index in [9.17, 15) is 4.79 Å². The summed E-state index contributed by atoms with van der Waals surface area (Å²) in [6.07, 6.45) is 1.07. The molecule has 3 aromatic carbocycles. The summed E-state index contributed by atoms with van der Waals surface area (Å²) in [5.41, 5.74) is 7.18. The normalized spacial score (nSPS) is 11.9. The summed E-state index contributed by atoms with van der Waals surface area (Å²) < 4.78 is 5.98. The molecule has 0 aliphatic heterocycles. The number of hydrogen-bond acceptors (Lipinski definition) is 4. The van der Waals surface area contributed by atoms with Gasteiger partial charge in [0.15, 0.2) is 10.7 Å². The molecule has 0 saturated heterocycles. The van der Waals surface area contributed by atoms with Gasteiger partial charge >= 0.3 is 0 Å². The largest absolute Gasteiger partial charge is 0.436 e. The van der Waals surface area contributed by atoms with Crippen LogP contribution < -0.4 is 10.6 Å². The van der Waals surface area contributed by atoms with Gasteiger partial charge in [0.2, 0.25) is 5.89 Å². The van der Waals surface area contributed by atoms with E-state index in [0.29, 0.717) is 17.4 Å². The Morgan fingerprint density at radius 2 is 1.88 bits per heavy atom. The van der Waals surface area contributed by atoms with Gasteiger partial charge in [-0.2, -0.15) is 0 Å². The van der Waals surface area contributed by atoms with E-state index in [1.54, 1.807) is 6.07 Å². The van der Waals surface area contributed by atoms with Crippen molar-refractivity contribution in [3.8, 4) is 11.5 Å². The number of carbonyl (C=O) groups excluding carboxylic acids is 1. The van der Waals surface area contributed by atoms with E-state index in [1.807, 2.05) is 56.3 Å². The molecule has 1 aromatic heterocycles. The van der Waals surface area contributed by atoms with E-state index in [0.717, 1.165) is 39.9 Å². The van der Waals surface area contributed by atoms with Crippen LogP contribution in [0, 0.1) is 13.8 Å². The van der Waals surface area contributed by atoms with Crippen LogP contribution in [0.3, 0.4) is 0 Å². The van der Waals surface area contributed by atoms with Crippen molar-refractivity contribution >= 4 is 40.0 Å². The molecule has 0 fully saturated rings. The van der Waals surface area contributed by atoms with Gasteiger partial charge in [0.25, 0.3) is 5.91 Å². The second-order valence-corrected chi connectivity index (χ2v) is 8.75. The molecule has 4 aromatic rings. The zero-order valence-corrected chi connectivity index (χ0v) is 20.0. The highest BCUT2D eigenvalue weighted by Gasteiger charge is 2.13. The van der Waals surface area contributed by atoms with Gasteiger partial charge in [0.1, 0.15) is 5.52 Å². The lowest BCUT2D eigenvalue weighted by Crippen LogP contribution is -2.34. The van der Waals surface area contributed by atoms with Crippen LogP contribution in [0.25, 0.3) is 22.6 Å². The Hall–Kier alpha value is -3.51. The van der Waals surface area contributed by atoms with Crippen molar-refractivity contribution < 1.29 is 9.21 Å². The third-order valence-corrected chi connectivity index (χ3v) is 6.16. The van der Waals surface area contributed by atoms with Gasteiger partial charge in [0.05, 0.1) is 0 Å². The SMILES string of the molecule is CCC(C)c1ccc2oc(-c3cccc(NC(=S)NC(=O)c4ccc(C)c(C)c4)c3)nc2c1. The number of nitrogens with zero attached hydrogens (tertiary/aromatic N) is 1. The van der Waals surface area contributed by atoms with Crippen LogP contribution in [-0.2, 0) is 0 Å². The number of anilines is 1. The van der Waals surface area contributed by atoms with Gasteiger partial charge in [-0.3, -0.25) is 10.1 Å². The maximum Gasteiger partial charge on any atom is 0.257 e. The van der Waals surface area contributed by atoms with Crippen LogP contribution in [0.1, 0.15) is 53.2 Å². The van der Waals surface area contributed by atoms with Crippen molar-refractivity contribution in [1.29, 1.82) is 0 Å². The molecular formula is C27H27N3O2S. The predicted octanol–water partition coefficient (Wildman–Crippen LogP) is 6.75. The minimum atomic E-state index is -0.247. The molecule has 1 heterocycles. The van der Waals surface area contributed by atoms with Crippen LogP contribution >= 0.6 is 12.2 Å². The molecule has 5 nitrogen and oxygen atoms in total. The van der Waals surface area contributed by atoms with Crippen molar-refractivity contribution in [2.75, 3.05) is 5.32 Å². The Kier molecular flexibility index (Phi) is 6.56. The van der Waals surface area contributed by atoms with Crippen LogP contribution in [0.2, 0.25) is 0 Å². The first-order valence-corrected chi connectivity index (χ1v) is 11.5. The number of nitrogens with one attached hydrogen (secondary N) is 2. The summed E-state index contributed by atoms with van der Waals surface area (Å²) in [7, 11) is 0. The number of rotatable bonds is 5. The minimum absolute atomic E-state index is 0.228. The predicted molar refractivity (Wildman–Crippen MR) is 138 cm³/mol. The molecule has 168 valence electrons. The summed E-state index contributed by atoms with van der Waals surface area (Å²) in [4.78, 5) is 17.2. The topological polar surface area (TPSA) is 67.2 Å². The van der Waals surface area contributed by atoms with E-state index in [2.05, 4.69) is 41.6 Å². The van der Waals surface area contributed by atoms with Crippen molar-refractivity contribution in [1.82, 2.24) is 10.3 Å². The van der Waals surface area contributed by atoms with Crippen molar-refractivity contribution in [2.45, 2.75) is 40.0 Å². The van der Waals surface area contributed by atoms with Crippen molar-refractivity contribution in [3.05, 3.63) is 82.9 Å². The lowest BCUT2D eigenvalue weighted by atomic mass is 9.98. The highest BCUT2D eigenvalue weighted by atomic mass is 32.1. The standard InChI is InChI=1S/C27H27N3O2S/c1-5-16(2)19-11-12-24-23(15-19)29-26(32-24)21-7-6-8-22(14-21)28-27(33)30-25(31)20-10-9-17(3)18(4)13-20/h6-16H,5H2,1-4H3,(H2,28,30,31,33). The molecule has 4 rings (SSSR count). The zero-order valence-electron chi connectivity index (χ0n) is 19.2. The molecule has 0 aliphatic carbocycles. The van der Waals surface area contributed by atoms with Gasteiger partial charge < -0.3 is 9.73 Å². The maximum absolute atomic E-state index is 12.5. The molecule has 0 radical (unpaired) electrons. The summed E-state index contributed by atoms with van der Waals surface area (Å²) in [5.74, 6) is 0.768. The molecule has 6 heteroatoms. The van der Waals surface area contributed by atoms with Gasteiger partial charge in [-0.05, 0) is 97.6 Å². The second kappa shape index (κ2) is 9.55. The van der Waals surface area contributed by atoms with E-state index in [-0.39, 0.29) is 11.0 Å². The molecule has 1 atom stereocenters. The number of aryl methyl sites for hydroxylation is 2. The van der Waals surface area contributed by atoms with E-state index >= 15 is 0 Å². The average molecular weight is 458 g/mol. The number of aromatic nitrogens is 1. The van der Waals surface area contributed by atoms with Gasteiger partial charge in [-0.1, -0.05) is 32.0 Å². The molecule has 33 heavy (non-hydrogen) atoms. The number of carbonyl (C=O) groups is 1. The van der Waals surface area contributed by atoms with Gasteiger partial charge in [0, 0.05) is 16.8 Å². The Balaban J connectivity index is 1.49. The first-order valence-electron chi connectivity index (χ1n) is 11.0. The Morgan fingerprint density at radius 1 is 1.06 bits per heavy atom. The first kappa shape index (κ1) is 22.7. The third-order valence-electron chi connectivity index (χ3n) is 5.96. The Bertz CT molecular complexity index is 1340. The van der Waals surface area contributed by atoms with Gasteiger partial charge in [-0.25, -0.2) is 4.98 Å². The fraction of sp³-hybridized carbons (Fsp3) is 0.222. The number of amides is 1. The van der Waals surface area contributed by atoms with E-state index in [1.165, 1.54) is 5.56 Å². The number of oxazole rings is 1. The molecule has 1 unspecified atom stereocenters.